The highest BCUT2D eigenvalue weighted by Gasteiger charge is 2.19. The van der Waals surface area contributed by atoms with Crippen molar-refractivity contribution in [3.8, 4) is 39.1 Å². The molecule has 0 bridgehead atoms. The Morgan fingerprint density at radius 2 is 0.885 bits per heavy atom. The second kappa shape index (κ2) is 14.3. The predicted octanol–water partition coefficient (Wildman–Crippen LogP) is 16.3. The summed E-state index contributed by atoms with van der Waals surface area (Å²) in [5, 5.41) is 7.19. The van der Waals surface area contributed by atoms with Gasteiger partial charge in [-0.2, -0.15) is 0 Å². The number of nitrogens with zero attached hydrogens (tertiary/aromatic N) is 2. The molecule has 61 heavy (non-hydrogen) atoms. The van der Waals surface area contributed by atoms with E-state index in [1.807, 2.05) is 12.1 Å². The van der Waals surface area contributed by atoms with Gasteiger partial charge in [-0.15, -0.1) is 0 Å². The van der Waals surface area contributed by atoms with E-state index in [4.69, 9.17) is 4.42 Å². The lowest BCUT2D eigenvalue weighted by molar-refractivity contribution is 0.670. The number of fused-ring (bicyclic) bond motifs is 7. The molecule has 12 rings (SSSR count). The Bertz CT molecular complexity index is 3530. The molecule has 2 heterocycles. The molecule has 0 amide bonds. The predicted molar refractivity (Wildman–Crippen MR) is 257 cm³/mol. The number of para-hydroxylation sites is 5. The van der Waals surface area contributed by atoms with Crippen LogP contribution in [0.25, 0.3) is 93.6 Å². The fourth-order valence-electron chi connectivity index (χ4n) is 9.36. The summed E-state index contributed by atoms with van der Waals surface area (Å²) in [6.07, 6.45) is 0. The topological polar surface area (TPSA) is 21.3 Å². The molecule has 0 radical (unpaired) electrons. The SMILES string of the molecule is c1cc(-c2ccc(N(c3ccc(-c4ccccc4-n4c5ccccc5c5ccccc54)cc3)c3cccc4ccccc34)cc2)cc(-c2cccc3c2oc2ccccc23)c1. The van der Waals surface area contributed by atoms with Crippen LogP contribution in [-0.4, -0.2) is 4.57 Å². The maximum atomic E-state index is 6.42. The van der Waals surface area contributed by atoms with Crippen LogP contribution in [0.1, 0.15) is 0 Å². The van der Waals surface area contributed by atoms with Gasteiger partial charge in [0, 0.05) is 49.4 Å². The van der Waals surface area contributed by atoms with Gasteiger partial charge >= 0.3 is 0 Å². The zero-order valence-corrected chi connectivity index (χ0v) is 33.2. The second-order valence-corrected chi connectivity index (χ2v) is 15.7. The zero-order chi connectivity index (χ0) is 40.3. The lowest BCUT2D eigenvalue weighted by Gasteiger charge is -2.27. The lowest BCUT2D eigenvalue weighted by atomic mass is 9.97. The van der Waals surface area contributed by atoms with Crippen molar-refractivity contribution in [1.82, 2.24) is 4.57 Å². The molecule has 2 aromatic heterocycles. The normalized spacial score (nSPS) is 11.6. The summed E-state index contributed by atoms with van der Waals surface area (Å²) in [5.41, 5.74) is 15.6. The third-order valence-corrected chi connectivity index (χ3v) is 12.2. The molecular formula is C58H38N2O. The minimum absolute atomic E-state index is 0.909. The van der Waals surface area contributed by atoms with E-state index in [9.17, 15) is 0 Å². The van der Waals surface area contributed by atoms with E-state index in [1.165, 1.54) is 38.1 Å². The highest BCUT2D eigenvalue weighted by Crippen LogP contribution is 2.42. The molecule has 0 unspecified atom stereocenters. The summed E-state index contributed by atoms with van der Waals surface area (Å²) >= 11 is 0. The number of anilines is 3. The van der Waals surface area contributed by atoms with Crippen LogP contribution < -0.4 is 4.90 Å². The van der Waals surface area contributed by atoms with Crippen molar-refractivity contribution in [3.05, 3.63) is 231 Å². The second-order valence-electron chi connectivity index (χ2n) is 15.7. The summed E-state index contributed by atoms with van der Waals surface area (Å²) in [7, 11) is 0. The van der Waals surface area contributed by atoms with E-state index in [0.29, 0.717) is 0 Å². The average Bonchev–Trinajstić information content (AvgIpc) is 3.88. The molecule has 0 saturated heterocycles. The van der Waals surface area contributed by atoms with Crippen LogP contribution >= 0.6 is 0 Å². The number of furan rings is 1. The Morgan fingerprint density at radius 1 is 0.344 bits per heavy atom. The van der Waals surface area contributed by atoms with E-state index in [1.54, 1.807) is 0 Å². The van der Waals surface area contributed by atoms with Crippen LogP contribution in [0, 0.1) is 0 Å². The van der Waals surface area contributed by atoms with Gasteiger partial charge in [0.2, 0.25) is 0 Å². The molecule has 0 aliphatic heterocycles. The monoisotopic (exact) mass is 778 g/mol. The zero-order valence-electron chi connectivity index (χ0n) is 33.2. The number of benzene rings is 10. The summed E-state index contributed by atoms with van der Waals surface area (Å²) < 4.78 is 8.83. The van der Waals surface area contributed by atoms with Gasteiger partial charge in [-0.3, -0.25) is 0 Å². The van der Waals surface area contributed by atoms with E-state index in [0.717, 1.165) is 72.5 Å². The van der Waals surface area contributed by atoms with Gasteiger partial charge in [0.05, 0.1) is 22.4 Å². The Morgan fingerprint density at radius 3 is 1.66 bits per heavy atom. The smallest absolute Gasteiger partial charge is 0.143 e. The van der Waals surface area contributed by atoms with Crippen LogP contribution in [-0.2, 0) is 0 Å². The maximum Gasteiger partial charge on any atom is 0.143 e. The molecule has 0 spiro atoms. The number of rotatable bonds is 7. The fraction of sp³-hybridized carbons (Fsp3) is 0. The summed E-state index contributed by atoms with van der Waals surface area (Å²) in [4.78, 5) is 2.38. The van der Waals surface area contributed by atoms with Gasteiger partial charge in [-0.05, 0) is 88.3 Å². The van der Waals surface area contributed by atoms with Crippen molar-refractivity contribution < 1.29 is 4.42 Å². The molecular weight excluding hydrogens is 741 g/mol. The van der Waals surface area contributed by atoms with Crippen molar-refractivity contribution in [2.24, 2.45) is 0 Å². The third-order valence-electron chi connectivity index (χ3n) is 12.2. The average molecular weight is 779 g/mol. The summed E-state index contributed by atoms with van der Waals surface area (Å²) in [6, 6.07) is 82.9. The van der Waals surface area contributed by atoms with Crippen LogP contribution in [0.5, 0.6) is 0 Å². The molecule has 0 saturated carbocycles. The Kier molecular flexibility index (Phi) is 8.17. The molecule has 0 aliphatic carbocycles. The van der Waals surface area contributed by atoms with Gasteiger partial charge in [-0.25, -0.2) is 0 Å². The van der Waals surface area contributed by atoms with Crippen LogP contribution in [0.3, 0.4) is 0 Å². The molecule has 0 aliphatic rings. The van der Waals surface area contributed by atoms with Gasteiger partial charge in [0.25, 0.3) is 0 Å². The fourth-order valence-corrected chi connectivity index (χ4v) is 9.36. The largest absolute Gasteiger partial charge is 0.455 e. The van der Waals surface area contributed by atoms with Crippen LogP contribution in [0.4, 0.5) is 17.1 Å². The Labute approximate surface area is 353 Å². The van der Waals surface area contributed by atoms with Gasteiger partial charge in [-0.1, -0.05) is 170 Å². The standard InChI is InChI=1S/C58H38N2O/c1-2-18-46-40(14-1)15-12-28-53(46)59(44-34-30-39(31-35-44)42-16-11-17-43(38-42)48-23-13-24-52-51-22-6-10-29-57(51)61-58(48)52)45-36-32-41(33-37-45)47-19-3-7-25-54(47)60-55-26-8-4-20-49(55)50-21-5-9-27-56(50)60/h1-38H. The molecule has 0 N–H and O–H groups in total. The van der Waals surface area contributed by atoms with Gasteiger partial charge < -0.3 is 13.9 Å². The molecule has 3 heteroatoms. The number of hydrogen-bond donors (Lipinski definition) is 0. The first-order chi connectivity index (χ1) is 30.3. The first-order valence-electron chi connectivity index (χ1n) is 20.8. The molecule has 286 valence electrons. The number of aromatic nitrogens is 1. The summed E-state index contributed by atoms with van der Waals surface area (Å²) in [5.74, 6) is 0. The Balaban J connectivity index is 0.938. The highest BCUT2D eigenvalue weighted by atomic mass is 16.3. The molecule has 12 aromatic rings. The van der Waals surface area contributed by atoms with Crippen molar-refractivity contribution in [2.45, 2.75) is 0 Å². The van der Waals surface area contributed by atoms with E-state index in [2.05, 4.69) is 228 Å². The minimum atomic E-state index is 0.909. The molecule has 0 atom stereocenters. The van der Waals surface area contributed by atoms with Crippen molar-refractivity contribution in [3.63, 3.8) is 0 Å². The molecule has 0 fully saturated rings. The number of hydrogen-bond acceptors (Lipinski definition) is 2. The van der Waals surface area contributed by atoms with E-state index in [-0.39, 0.29) is 0 Å². The molecule has 3 nitrogen and oxygen atoms in total. The first-order valence-corrected chi connectivity index (χ1v) is 20.8. The van der Waals surface area contributed by atoms with Gasteiger partial charge in [0.1, 0.15) is 11.2 Å². The quantitative estimate of drug-likeness (QED) is 0.161. The first kappa shape index (κ1) is 34.9. The third kappa shape index (κ3) is 5.82. The lowest BCUT2D eigenvalue weighted by Crippen LogP contribution is -2.10. The van der Waals surface area contributed by atoms with Crippen molar-refractivity contribution in [1.29, 1.82) is 0 Å². The molecule has 10 aromatic carbocycles. The minimum Gasteiger partial charge on any atom is -0.455 e. The van der Waals surface area contributed by atoms with Crippen molar-refractivity contribution >= 4 is 71.6 Å². The van der Waals surface area contributed by atoms with E-state index < -0.39 is 0 Å². The van der Waals surface area contributed by atoms with E-state index >= 15 is 0 Å². The van der Waals surface area contributed by atoms with Gasteiger partial charge in [0.15, 0.2) is 0 Å². The maximum absolute atomic E-state index is 6.42. The van der Waals surface area contributed by atoms with Crippen LogP contribution in [0.2, 0.25) is 0 Å². The summed E-state index contributed by atoms with van der Waals surface area (Å²) in [6.45, 7) is 0. The highest BCUT2D eigenvalue weighted by molar-refractivity contribution is 6.11. The Hall–Kier alpha value is -8.14. The van der Waals surface area contributed by atoms with Crippen LogP contribution in [0.15, 0.2) is 235 Å². The van der Waals surface area contributed by atoms with Crippen molar-refractivity contribution in [2.75, 3.05) is 4.90 Å².